The van der Waals surface area contributed by atoms with Crippen LogP contribution in [0, 0.1) is 29.6 Å². The van der Waals surface area contributed by atoms with Crippen molar-refractivity contribution in [3.05, 3.63) is 29.8 Å². The number of nitriles is 1. The second-order valence-electron chi connectivity index (χ2n) is 9.68. The van der Waals surface area contributed by atoms with Crippen LogP contribution in [0.3, 0.4) is 0 Å². The number of hydrogen-bond acceptors (Lipinski definition) is 5. The molecule has 7 nitrogen and oxygen atoms in total. The van der Waals surface area contributed by atoms with Gasteiger partial charge in [-0.3, -0.25) is 14.4 Å². The van der Waals surface area contributed by atoms with E-state index in [1.165, 1.54) is 0 Å². The highest BCUT2D eigenvalue weighted by atomic mass is 16.5. The van der Waals surface area contributed by atoms with Gasteiger partial charge in [0.05, 0.1) is 6.07 Å². The first-order chi connectivity index (χ1) is 15.4. The van der Waals surface area contributed by atoms with E-state index >= 15 is 0 Å². The Hall–Kier alpha value is -2.88. The summed E-state index contributed by atoms with van der Waals surface area (Å²) < 4.78 is 5.67. The second kappa shape index (κ2) is 9.32. The number of likely N-dealkylation sites (tertiary alicyclic amines) is 1. The summed E-state index contributed by atoms with van der Waals surface area (Å²) in [6, 6.07) is 8.32. The number of ketones is 1. The van der Waals surface area contributed by atoms with E-state index < -0.39 is 12.1 Å². The summed E-state index contributed by atoms with van der Waals surface area (Å²) in [6.45, 7) is 2.41. The van der Waals surface area contributed by atoms with Crippen LogP contribution in [0.15, 0.2) is 24.3 Å². The lowest BCUT2D eigenvalue weighted by molar-refractivity contribution is -0.140. The number of hydrogen-bond donors (Lipinski definition) is 1. The van der Waals surface area contributed by atoms with Crippen LogP contribution in [0.25, 0.3) is 0 Å². The minimum atomic E-state index is -0.715. The summed E-state index contributed by atoms with van der Waals surface area (Å²) in [5.74, 6) is 0.137. The number of aryl methyl sites for hydroxylation is 1. The molecule has 0 bridgehead atoms. The van der Waals surface area contributed by atoms with Crippen LogP contribution in [0.4, 0.5) is 0 Å². The minimum absolute atomic E-state index is 0.00504. The van der Waals surface area contributed by atoms with Gasteiger partial charge in [0.25, 0.3) is 5.91 Å². The van der Waals surface area contributed by atoms with Gasteiger partial charge in [-0.25, -0.2) is 0 Å². The SMILES string of the molecule is Cc1ccc(OCC(=O)N2CC3(CCC3)C[C@H]2C(=O)N[C@H](C#N)C[C@@H]2CCCC2=O)cc1. The van der Waals surface area contributed by atoms with Crippen molar-refractivity contribution in [2.24, 2.45) is 11.3 Å². The zero-order valence-electron chi connectivity index (χ0n) is 18.6. The monoisotopic (exact) mass is 437 g/mol. The molecule has 3 fully saturated rings. The predicted octanol–water partition coefficient (Wildman–Crippen LogP) is 2.91. The van der Waals surface area contributed by atoms with E-state index in [1.54, 1.807) is 4.90 Å². The topological polar surface area (TPSA) is 99.5 Å². The van der Waals surface area contributed by atoms with Gasteiger partial charge >= 0.3 is 0 Å². The molecule has 1 aromatic carbocycles. The summed E-state index contributed by atoms with van der Waals surface area (Å²) in [5.41, 5.74) is 1.11. The lowest BCUT2D eigenvalue weighted by atomic mass is 9.67. The van der Waals surface area contributed by atoms with Gasteiger partial charge in [-0.05, 0) is 63.0 Å². The second-order valence-corrected chi connectivity index (χ2v) is 9.68. The van der Waals surface area contributed by atoms with Gasteiger partial charge in [0.2, 0.25) is 5.91 Å². The third kappa shape index (κ3) is 4.79. The average Bonchev–Trinajstić information content (AvgIpc) is 3.37. The summed E-state index contributed by atoms with van der Waals surface area (Å²) in [7, 11) is 0. The number of carbonyl (C=O) groups is 3. The number of ether oxygens (including phenoxy) is 1. The molecular formula is C25H31N3O4. The summed E-state index contributed by atoms with van der Waals surface area (Å²) >= 11 is 0. The zero-order chi connectivity index (χ0) is 22.7. The summed E-state index contributed by atoms with van der Waals surface area (Å²) in [4.78, 5) is 39.8. The van der Waals surface area contributed by atoms with Gasteiger partial charge in [-0.15, -0.1) is 0 Å². The molecular weight excluding hydrogens is 406 g/mol. The molecule has 1 saturated heterocycles. The number of nitrogens with zero attached hydrogens (tertiary/aromatic N) is 2. The Balaban J connectivity index is 1.39. The lowest BCUT2D eigenvalue weighted by Crippen LogP contribution is -2.50. The zero-order valence-corrected chi connectivity index (χ0v) is 18.6. The largest absolute Gasteiger partial charge is 0.484 e. The molecule has 1 spiro atoms. The van der Waals surface area contributed by atoms with Gasteiger partial charge in [0.15, 0.2) is 6.61 Å². The first-order valence-corrected chi connectivity index (χ1v) is 11.6. The van der Waals surface area contributed by atoms with Crippen LogP contribution in [-0.2, 0) is 14.4 Å². The Labute approximate surface area is 189 Å². The van der Waals surface area contributed by atoms with Crippen molar-refractivity contribution in [2.45, 2.75) is 70.4 Å². The van der Waals surface area contributed by atoms with Crippen molar-refractivity contribution >= 4 is 17.6 Å². The van der Waals surface area contributed by atoms with E-state index in [0.29, 0.717) is 31.6 Å². The normalized spacial score (nSPS) is 24.6. The number of carbonyl (C=O) groups excluding carboxylic acids is 3. The number of rotatable bonds is 7. The lowest BCUT2D eigenvalue weighted by Gasteiger charge is -2.37. The maximum Gasteiger partial charge on any atom is 0.261 e. The number of benzene rings is 1. The third-order valence-electron chi connectivity index (χ3n) is 7.35. The maximum absolute atomic E-state index is 13.1. The van der Waals surface area contributed by atoms with E-state index in [2.05, 4.69) is 11.4 Å². The molecule has 2 amide bonds. The molecule has 170 valence electrons. The molecule has 32 heavy (non-hydrogen) atoms. The molecule has 4 rings (SSSR count). The molecule has 0 radical (unpaired) electrons. The predicted molar refractivity (Wildman–Crippen MR) is 118 cm³/mol. The highest BCUT2D eigenvalue weighted by Crippen LogP contribution is 2.50. The van der Waals surface area contributed by atoms with E-state index in [-0.39, 0.29) is 35.5 Å². The Morgan fingerprint density at radius 2 is 2.03 bits per heavy atom. The highest BCUT2D eigenvalue weighted by Gasteiger charge is 2.51. The van der Waals surface area contributed by atoms with E-state index in [0.717, 1.165) is 37.7 Å². The molecule has 2 saturated carbocycles. The molecule has 1 N–H and O–H groups in total. The molecule has 7 heteroatoms. The Morgan fingerprint density at radius 3 is 2.62 bits per heavy atom. The van der Waals surface area contributed by atoms with E-state index in [9.17, 15) is 19.6 Å². The molecule has 2 aliphatic carbocycles. The fraction of sp³-hybridized carbons (Fsp3) is 0.600. The number of Topliss-reactive ketones (excluding diaryl/α,β-unsaturated/α-hetero) is 1. The van der Waals surface area contributed by atoms with Crippen LogP contribution in [0.1, 0.15) is 56.9 Å². The van der Waals surface area contributed by atoms with Crippen molar-refractivity contribution in [3.63, 3.8) is 0 Å². The van der Waals surface area contributed by atoms with Gasteiger partial charge in [0.1, 0.15) is 23.6 Å². The smallest absolute Gasteiger partial charge is 0.261 e. The van der Waals surface area contributed by atoms with Crippen LogP contribution in [0.5, 0.6) is 5.75 Å². The molecule has 1 aromatic rings. The van der Waals surface area contributed by atoms with Crippen LogP contribution in [-0.4, -0.2) is 47.7 Å². The van der Waals surface area contributed by atoms with E-state index in [1.807, 2.05) is 31.2 Å². The van der Waals surface area contributed by atoms with Crippen molar-refractivity contribution in [1.82, 2.24) is 10.2 Å². The molecule has 1 heterocycles. The first-order valence-electron chi connectivity index (χ1n) is 11.6. The number of amides is 2. The maximum atomic E-state index is 13.1. The number of nitrogens with one attached hydrogen (secondary N) is 1. The molecule has 3 atom stereocenters. The van der Waals surface area contributed by atoms with Gasteiger partial charge in [0, 0.05) is 18.9 Å². The van der Waals surface area contributed by atoms with Crippen molar-refractivity contribution in [2.75, 3.05) is 13.2 Å². The quantitative estimate of drug-likeness (QED) is 0.707. The Morgan fingerprint density at radius 1 is 1.28 bits per heavy atom. The van der Waals surface area contributed by atoms with Crippen molar-refractivity contribution in [1.29, 1.82) is 5.26 Å². The van der Waals surface area contributed by atoms with Crippen LogP contribution < -0.4 is 10.1 Å². The van der Waals surface area contributed by atoms with Gasteiger partial charge in [-0.1, -0.05) is 24.1 Å². The van der Waals surface area contributed by atoms with Crippen molar-refractivity contribution in [3.8, 4) is 11.8 Å². The summed E-state index contributed by atoms with van der Waals surface area (Å²) in [5, 5.41) is 12.4. The molecule has 0 aromatic heterocycles. The van der Waals surface area contributed by atoms with E-state index in [4.69, 9.17) is 4.74 Å². The third-order valence-corrected chi connectivity index (χ3v) is 7.35. The Kier molecular flexibility index (Phi) is 6.50. The molecule has 3 aliphatic rings. The van der Waals surface area contributed by atoms with Gasteiger partial charge in [-0.2, -0.15) is 5.26 Å². The molecule has 0 unspecified atom stereocenters. The first kappa shape index (κ1) is 22.3. The summed E-state index contributed by atoms with van der Waals surface area (Å²) in [6.07, 6.45) is 6.30. The standard InChI is InChI=1S/C25H31N3O4/c1-17-6-8-20(9-7-17)32-15-23(30)28-16-25(10-3-11-25)13-21(28)24(31)27-19(14-26)12-18-4-2-5-22(18)29/h6-9,18-19,21H,2-5,10-13,15-16H2,1H3,(H,27,31)/t18-,19-,21-/m0/s1. The average molecular weight is 438 g/mol. The van der Waals surface area contributed by atoms with Crippen LogP contribution >= 0.6 is 0 Å². The molecule has 1 aliphatic heterocycles. The Bertz CT molecular complexity index is 916. The van der Waals surface area contributed by atoms with Crippen molar-refractivity contribution < 1.29 is 19.1 Å². The fourth-order valence-electron chi connectivity index (χ4n) is 5.29. The minimum Gasteiger partial charge on any atom is -0.484 e. The fourth-order valence-corrected chi connectivity index (χ4v) is 5.29. The van der Waals surface area contributed by atoms with Crippen LogP contribution in [0.2, 0.25) is 0 Å². The van der Waals surface area contributed by atoms with Gasteiger partial charge < -0.3 is 15.0 Å². The highest BCUT2D eigenvalue weighted by molar-refractivity contribution is 5.89.